The van der Waals surface area contributed by atoms with Crippen LogP contribution in [0.15, 0.2) is 36.4 Å². The number of hydrogen-bond acceptors (Lipinski definition) is 5. The second-order valence-electron chi connectivity index (χ2n) is 3.76. The molecule has 0 radical (unpaired) electrons. The highest BCUT2D eigenvalue weighted by Crippen LogP contribution is 2.33. The fourth-order valence-electron chi connectivity index (χ4n) is 1.55. The molecule has 19 heavy (non-hydrogen) atoms. The van der Waals surface area contributed by atoms with E-state index in [2.05, 4.69) is 4.98 Å². The number of aryl methyl sites for hydroxylation is 1. The van der Waals surface area contributed by atoms with E-state index in [-0.39, 0.29) is 23.0 Å². The molecule has 1 heterocycles. The Morgan fingerprint density at radius 3 is 2.74 bits per heavy atom. The Kier molecular flexibility index (Phi) is 3.39. The van der Waals surface area contributed by atoms with Gasteiger partial charge in [-0.1, -0.05) is 18.2 Å². The van der Waals surface area contributed by atoms with Gasteiger partial charge in [-0.15, -0.1) is 0 Å². The molecule has 0 bridgehead atoms. The van der Waals surface area contributed by atoms with Crippen molar-refractivity contribution in [3.8, 4) is 17.7 Å². The third kappa shape index (κ3) is 2.66. The SMILES string of the molecule is Cc1cccc([N+](=O)[O-])c1Oc1cccc(C#N)n1. The summed E-state index contributed by atoms with van der Waals surface area (Å²) in [5, 5.41) is 19.7. The highest BCUT2D eigenvalue weighted by Gasteiger charge is 2.18. The summed E-state index contributed by atoms with van der Waals surface area (Å²) in [6, 6.07) is 11.2. The first kappa shape index (κ1) is 12.5. The highest BCUT2D eigenvalue weighted by molar-refractivity contribution is 5.52. The lowest BCUT2D eigenvalue weighted by Gasteiger charge is -2.07. The predicted octanol–water partition coefficient (Wildman–Crippen LogP) is 2.96. The molecule has 0 fully saturated rings. The standard InChI is InChI=1S/C13H9N3O3/c1-9-4-2-6-11(16(17)18)13(9)19-12-7-3-5-10(8-14)15-12/h2-7H,1H3. The van der Waals surface area contributed by atoms with Crippen molar-refractivity contribution in [3.63, 3.8) is 0 Å². The van der Waals surface area contributed by atoms with Crippen LogP contribution < -0.4 is 4.74 Å². The monoisotopic (exact) mass is 255 g/mol. The molecule has 6 nitrogen and oxygen atoms in total. The lowest BCUT2D eigenvalue weighted by molar-refractivity contribution is -0.385. The molecule has 0 aliphatic carbocycles. The van der Waals surface area contributed by atoms with Crippen LogP contribution in [0.2, 0.25) is 0 Å². The molecule has 0 saturated carbocycles. The van der Waals surface area contributed by atoms with Gasteiger partial charge in [0.25, 0.3) is 0 Å². The fourth-order valence-corrected chi connectivity index (χ4v) is 1.55. The van der Waals surface area contributed by atoms with Gasteiger partial charge in [-0.05, 0) is 18.6 Å². The summed E-state index contributed by atoms with van der Waals surface area (Å²) < 4.78 is 5.44. The number of nitriles is 1. The first-order valence-electron chi connectivity index (χ1n) is 5.41. The van der Waals surface area contributed by atoms with Crippen LogP contribution >= 0.6 is 0 Å². The Morgan fingerprint density at radius 1 is 1.32 bits per heavy atom. The van der Waals surface area contributed by atoms with Crippen LogP contribution in [0.4, 0.5) is 5.69 Å². The average Bonchev–Trinajstić information content (AvgIpc) is 2.41. The van der Waals surface area contributed by atoms with Crippen molar-refractivity contribution in [3.05, 3.63) is 57.8 Å². The Balaban J connectivity index is 2.43. The van der Waals surface area contributed by atoms with Gasteiger partial charge in [-0.25, -0.2) is 4.98 Å². The van der Waals surface area contributed by atoms with Crippen LogP contribution in [-0.2, 0) is 0 Å². The van der Waals surface area contributed by atoms with Crippen molar-refractivity contribution in [1.82, 2.24) is 4.98 Å². The summed E-state index contributed by atoms with van der Waals surface area (Å²) in [7, 11) is 0. The Morgan fingerprint density at radius 2 is 2.05 bits per heavy atom. The highest BCUT2D eigenvalue weighted by atomic mass is 16.6. The second-order valence-corrected chi connectivity index (χ2v) is 3.76. The molecular formula is C13H9N3O3. The third-order valence-corrected chi connectivity index (χ3v) is 2.43. The van der Waals surface area contributed by atoms with Crippen LogP contribution in [0.3, 0.4) is 0 Å². The quantitative estimate of drug-likeness (QED) is 0.621. The normalized spacial score (nSPS) is 9.68. The van der Waals surface area contributed by atoms with Crippen LogP contribution in [0, 0.1) is 28.4 Å². The lowest BCUT2D eigenvalue weighted by atomic mass is 10.2. The van der Waals surface area contributed by atoms with Crippen molar-refractivity contribution in [2.45, 2.75) is 6.92 Å². The van der Waals surface area contributed by atoms with Gasteiger partial charge in [-0.2, -0.15) is 5.26 Å². The molecule has 0 amide bonds. The number of nitrogens with zero attached hydrogens (tertiary/aromatic N) is 3. The van der Waals surface area contributed by atoms with Gasteiger partial charge in [0.15, 0.2) is 0 Å². The zero-order valence-electron chi connectivity index (χ0n) is 10.0. The number of hydrogen-bond donors (Lipinski definition) is 0. The number of aromatic nitrogens is 1. The lowest BCUT2D eigenvalue weighted by Crippen LogP contribution is -1.97. The van der Waals surface area contributed by atoms with E-state index < -0.39 is 4.92 Å². The molecule has 0 aliphatic rings. The maximum absolute atomic E-state index is 10.9. The number of pyridine rings is 1. The molecule has 1 aromatic heterocycles. The van der Waals surface area contributed by atoms with Gasteiger partial charge >= 0.3 is 5.69 Å². The molecule has 0 N–H and O–H groups in total. The van der Waals surface area contributed by atoms with E-state index in [9.17, 15) is 10.1 Å². The summed E-state index contributed by atoms with van der Waals surface area (Å²) in [6.07, 6.45) is 0. The molecule has 0 saturated heterocycles. The first-order valence-corrected chi connectivity index (χ1v) is 5.41. The van der Waals surface area contributed by atoms with Gasteiger partial charge in [0, 0.05) is 12.1 Å². The minimum absolute atomic E-state index is 0.134. The number of nitro groups is 1. The summed E-state index contributed by atoms with van der Waals surface area (Å²) >= 11 is 0. The second kappa shape index (κ2) is 5.14. The van der Waals surface area contributed by atoms with Gasteiger partial charge in [-0.3, -0.25) is 10.1 Å². The third-order valence-electron chi connectivity index (χ3n) is 2.43. The van der Waals surface area contributed by atoms with Crippen molar-refractivity contribution in [1.29, 1.82) is 5.26 Å². The van der Waals surface area contributed by atoms with E-state index in [1.807, 2.05) is 6.07 Å². The smallest absolute Gasteiger partial charge is 0.311 e. The summed E-state index contributed by atoms with van der Waals surface area (Å²) in [5.41, 5.74) is 0.677. The zero-order chi connectivity index (χ0) is 13.8. The molecule has 2 rings (SSSR count). The Labute approximate surface area is 109 Å². The number of para-hydroxylation sites is 1. The van der Waals surface area contributed by atoms with E-state index >= 15 is 0 Å². The molecule has 0 spiro atoms. The number of nitro benzene ring substituents is 1. The molecule has 0 aliphatic heterocycles. The maximum Gasteiger partial charge on any atom is 0.311 e. The minimum Gasteiger partial charge on any atom is -0.431 e. The fraction of sp³-hybridized carbons (Fsp3) is 0.0769. The minimum atomic E-state index is -0.517. The molecular weight excluding hydrogens is 246 g/mol. The molecule has 2 aromatic rings. The van der Waals surface area contributed by atoms with Gasteiger partial charge in [0.2, 0.25) is 11.6 Å². The molecule has 0 unspecified atom stereocenters. The van der Waals surface area contributed by atoms with Crippen LogP contribution in [0.5, 0.6) is 11.6 Å². The molecule has 6 heteroatoms. The van der Waals surface area contributed by atoms with E-state index in [4.69, 9.17) is 10.00 Å². The number of benzene rings is 1. The van der Waals surface area contributed by atoms with Gasteiger partial charge in [0.05, 0.1) is 4.92 Å². The van der Waals surface area contributed by atoms with E-state index in [0.717, 1.165) is 0 Å². The van der Waals surface area contributed by atoms with Crippen LogP contribution in [0.1, 0.15) is 11.3 Å². The molecule has 1 aromatic carbocycles. The number of ether oxygens (including phenoxy) is 1. The van der Waals surface area contributed by atoms with Crippen molar-refractivity contribution in [2.75, 3.05) is 0 Å². The first-order chi connectivity index (χ1) is 9.11. The van der Waals surface area contributed by atoms with Crippen molar-refractivity contribution in [2.24, 2.45) is 0 Å². The Hall–Kier alpha value is -2.94. The largest absolute Gasteiger partial charge is 0.431 e. The average molecular weight is 255 g/mol. The summed E-state index contributed by atoms with van der Waals surface area (Å²) in [4.78, 5) is 14.3. The van der Waals surface area contributed by atoms with Gasteiger partial charge < -0.3 is 4.74 Å². The van der Waals surface area contributed by atoms with Gasteiger partial charge in [0.1, 0.15) is 11.8 Å². The molecule has 0 atom stereocenters. The van der Waals surface area contributed by atoms with Crippen molar-refractivity contribution >= 4 is 5.69 Å². The Bertz CT molecular complexity index is 677. The van der Waals surface area contributed by atoms with E-state index in [1.165, 1.54) is 18.2 Å². The predicted molar refractivity (Wildman–Crippen MR) is 66.9 cm³/mol. The maximum atomic E-state index is 10.9. The van der Waals surface area contributed by atoms with E-state index in [1.54, 1.807) is 25.1 Å². The topological polar surface area (TPSA) is 89.0 Å². The zero-order valence-corrected chi connectivity index (χ0v) is 10.0. The summed E-state index contributed by atoms with van der Waals surface area (Å²) in [5.74, 6) is 0.284. The van der Waals surface area contributed by atoms with Crippen LogP contribution in [0.25, 0.3) is 0 Å². The summed E-state index contributed by atoms with van der Waals surface area (Å²) in [6.45, 7) is 1.70. The molecule has 94 valence electrons. The van der Waals surface area contributed by atoms with Crippen LogP contribution in [-0.4, -0.2) is 9.91 Å². The van der Waals surface area contributed by atoms with Crippen molar-refractivity contribution < 1.29 is 9.66 Å². The van der Waals surface area contributed by atoms with E-state index in [0.29, 0.717) is 5.56 Å². The number of rotatable bonds is 3.